The molecule has 17 heavy (non-hydrogen) atoms. The summed E-state index contributed by atoms with van der Waals surface area (Å²) in [5.74, 6) is -0.373. The first-order valence-corrected chi connectivity index (χ1v) is 5.39. The Kier molecular flexibility index (Phi) is 3.10. The lowest BCUT2D eigenvalue weighted by Gasteiger charge is -2.07. The smallest absolute Gasteiger partial charge is 0.221 e. The van der Waals surface area contributed by atoms with Crippen LogP contribution in [0, 0.1) is 0 Å². The lowest BCUT2D eigenvalue weighted by molar-refractivity contribution is -0.117. The summed E-state index contributed by atoms with van der Waals surface area (Å²) in [5, 5.41) is 0. The van der Waals surface area contributed by atoms with E-state index in [-0.39, 0.29) is 12.3 Å². The van der Waals surface area contributed by atoms with Crippen LogP contribution in [0.15, 0.2) is 48.5 Å². The molecule has 0 saturated heterocycles. The van der Waals surface area contributed by atoms with Crippen molar-refractivity contribution in [2.24, 2.45) is 5.73 Å². The van der Waals surface area contributed by atoms with Crippen molar-refractivity contribution < 1.29 is 4.79 Å². The Labute approximate surface area is 100 Å². The molecular weight excluding hydrogens is 212 g/mol. The van der Waals surface area contributed by atoms with Crippen molar-refractivity contribution in [2.45, 2.75) is 6.42 Å². The van der Waals surface area contributed by atoms with Crippen molar-refractivity contribution in [1.82, 2.24) is 0 Å². The largest absolute Gasteiger partial charge is 0.398 e. The SMILES string of the molecule is NC(=O)Cc1cc(-c2ccccc2)ccc1N. The average Bonchev–Trinajstić information content (AvgIpc) is 2.32. The summed E-state index contributed by atoms with van der Waals surface area (Å²) in [4.78, 5) is 10.9. The molecule has 3 nitrogen and oxygen atoms in total. The molecular formula is C14H14N2O. The molecule has 0 heterocycles. The van der Waals surface area contributed by atoms with Crippen molar-refractivity contribution in [3.05, 3.63) is 54.1 Å². The van der Waals surface area contributed by atoms with E-state index in [9.17, 15) is 4.79 Å². The predicted octanol–water partition coefficient (Wildman–Crippen LogP) is 1.96. The van der Waals surface area contributed by atoms with Crippen molar-refractivity contribution in [2.75, 3.05) is 5.73 Å². The number of nitrogen functional groups attached to an aromatic ring is 1. The molecule has 0 saturated carbocycles. The standard InChI is InChI=1S/C14H14N2O/c15-13-7-6-11(8-12(13)9-14(16)17)10-4-2-1-3-5-10/h1-8H,9,15H2,(H2,16,17). The van der Waals surface area contributed by atoms with Gasteiger partial charge in [0, 0.05) is 5.69 Å². The Balaban J connectivity index is 2.41. The van der Waals surface area contributed by atoms with Gasteiger partial charge in [0.1, 0.15) is 0 Å². The number of amides is 1. The van der Waals surface area contributed by atoms with Gasteiger partial charge in [-0.3, -0.25) is 4.79 Å². The molecule has 0 aliphatic rings. The summed E-state index contributed by atoms with van der Waals surface area (Å²) in [6, 6.07) is 15.6. The molecule has 0 aromatic heterocycles. The number of primary amides is 1. The van der Waals surface area contributed by atoms with E-state index in [0.29, 0.717) is 5.69 Å². The van der Waals surface area contributed by atoms with Crippen LogP contribution in [0.4, 0.5) is 5.69 Å². The van der Waals surface area contributed by atoms with Gasteiger partial charge in [0.05, 0.1) is 6.42 Å². The van der Waals surface area contributed by atoms with Gasteiger partial charge < -0.3 is 11.5 Å². The highest BCUT2D eigenvalue weighted by Crippen LogP contribution is 2.23. The van der Waals surface area contributed by atoms with Crippen molar-refractivity contribution in [3.63, 3.8) is 0 Å². The number of rotatable bonds is 3. The molecule has 0 unspecified atom stereocenters. The van der Waals surface area contributed by atoms with E-state index in [2.05, 4.69) is 0 Å². The molecule has 0 aliphatic heterocycles. The third-order valence-electron chi connectivity index (χ3n) is 2.61. The highest BCUT2D eigenvalue weighted by atomic mass is 16.1. The maximum atomic E-state index is 10.9. The number of hydrogen-bond donors (Lipinski definition) is 2. The molecule has 2 aromatic carbocycles. The van der Waals surface area contributed by atoms with Gasteiger partial charge in [0.15, 0.2) is 0 Å². The van der Waals surface area contributed by atoms with Crippen LogP contribution in [0.25, 0.3) is 11.1 Å². The summed E-state index contributed by atoms with van der Waals surface area (Å²) < 4.78 is 0. The Morgan fingerprint density at radius 1 is 1.00 bits per heavy atom. The van der Waals surface area contributed by atoms with Crippen LogP contribution >= 0.6 is 0 Å². The predicted molar refractivity (Wildman–Crippen MR) is 69.2 cm³/mol. The second kappa shape index (κ2) is 4.70. The van der Waals surface area contributed by atoms with Gasteiger partial charge in [0.2, 0.25) is 5.91 Å². The summed E-state index contributed by atoms with van der Waals surface area (Å²) >= 11 is 0. The zero-order valence-corrected chi connectivity index (χ0v) is 9.39. The topological polar surface area (TPSA) is 69.1 Å². The van der Waals surface area contributed by atoms with Crippen LogP contribution in [0.1, 0.15) is 5.56 Å². The van der Waals surface area contributed by atoms with Crippen molar-refractivity contribution in [1.29, 1.82) is 0 Å². The summed E-state index contributed by atoms with van der Waals surface area (Å²) in [6.45, 7) is 0. The van der Waals surface area contributed by atoms with E-state index in [0.717, 1.165) is 16.7 Å². The number of carbonyl (C=O) groups excluding carboxylic acids is 1. The van der Waals surface area contributed by atoms with E-state index in [1.807, 2.05) is 42.5 Å². The van der Waals surface area contributed by atoms with Crippen LogP contribution in [0.2, 0.25) is 0 Å². The molecule has 0 atom stereocenters. The van der Waals surface area contributed by atoms with Crippen LogP contribution < -0.4 is 11.5 Å². The molecule has 3 heteroatoms. The van der Waals surface area contributed by atoms with E-state index in [1.54, 1.807) is 6.07 Å². The fourth-order valence-electron chi connectivity index (χ4n) is 1.76. The highest BCUT2D eigenvalue weighted by Gasteiger charge is 2.05. The highest BCUT2D eigenvalue weighted by molar-refractivity contribution is 5.80. The van der Waals surface area contributed by atoms with Gasteiger partial charge in [-0.2, -0.15) is 0 Å². The first kappa shape index (κ1) is 11.2. The molecule has 1 amide bonds. The Morgan fingerprint density at radius 3 is 2.35 bits per heavy atom. The first-order valence-electron chi connectivity index (χ1n) is 5.39. The van der Waals surface area contributed by atoms with Gasteiger partial charge in [0.25, 0.3) is 0 Å². The van der Waals surface area contributed by atoms with E-state index >= 15 is 0 Å². The van der Waals surface area contributed by atoms with Crippen LogP contribution in [0.5, 0.6) is 0 Å². The summed E-state index contributed by atoms with van der Waals surface area (Å²) in [6.07, 6.45) is 0.173. The molecule has 0 aliphatic carbocycles. The average molecular weight is 226 g/mol. The normalized spacial score (nSPS) is 10.1. The Bertz CT molecular complexity index is 535. The van der Waals surface area contributed by atoms with Gasteiger partial charge in [-0.25, -0.2) is 0 Å². The van der Waals surface area contributed by atoms with Gasteiger partial charge >= 0.3 is 0 Å². The molecule has 2 rings (SSSR count). The van der Waals surface area contributed by atoms with Crippen molar-refractivity contribution >= 4 is 11.6 Å². The molecule has 2 aromatic rings. The number of nitrogens with two attached hydrogens (primary N) is 2. The maximum Gasteiger partial charge on any atom is 0.221 e. The molecule has 0 radical (unpaired) electrons. The van der Waals surface area contributed by atoms with E-state index < -0.39 is 0 Å². The van der Waals surface area contributed by atoms with E-state index in [1.165, 1.54) is 0 Å². The molecule has 4 N–H and O–H groups in total. The minimum Gasteiger partial charge on any atom is -0.398 e. The fraction of sp³-hybridized carbons (Fsp3) is 0.0714. The van der Waals surface area contributed by atoms with Gasteiger partial charge in [-0.05, 0) is 28.8 Å². The molecule has 0 spiro atoms. The lowest BCUT2D eigenvalue weighted by atomic mass is 10.0. The Hall–Kier alpha value is -2.29. The van der Waals surface area contributed by atoms with Gasteiger partial charge in [-0.15, -0.1) is 0 Å². The summed E-state index contributed by atoms with van der Waals surface area (Å²) in [5.41, 5.74) is 14.5. The van der Waals surface area contributed by atoms with E-state index in [4.69, 9.17) is 11.5 Å². The maximum absolute atomic E-state index is 10.9. The van der Waals surface area contributed by atoms with Crippen LogP contribution in [-0.2, 0) is 11.2 Å². The summed E-state index contributed by atoms with van der Waals surface area (Å²) in [7, 11) is 0. The van der Waals surface area contributed by atoms with Crippen molar-refractivity contribution in [3.8, 4) is 11.1 Å². The first-order chi connectivity index (χ1) is 8.16. The second-order valence-corrected chi connectivity index (χ2v) is 3.92. The minimum atomic E-state index is -0.373. The zero-order valence-electron chi connectivity index (χ0n) is 9.39. The van der Waals surface area contributed by atoms with Crippen LogP contribution in [0.3, 0.4) is 0 Å². The Morgan fingerprint density at radius 2 is 1.71 bits per heavy atom. The lowest BCUT2D eigenvalue weighted by Crippen LogP contribution is -2.14. The third kappa shape index (κ3) is 2.64. The van der Waals surface area contributed by atoms with Crippen LogP contribution in [-0.4, -0.2) is 5.91 Å². The molecule has 0 bridgehead atoms. The number of anilines is 1. The monoisotopic (exact) mass is 226 g/mol. The molecule has 86 valence electrons. The zero-order chi connectivity index (χ0) is 12.3. The van der Waals surface area contributed by atoms with Gasteiger partial charge in [-0.1, -0.05) is 36.4 Å². The second-order valence-electron chi connectivity index (χ2n) is 3.92. The quantitative estimate of drug-likeness (QED) is 0.785. The molecule has 0 fully saturated rings. The number of benzene rings is 2. The number of carbonyl (C=O) groups is 1. The fourth-order valence-corrected chi connectivity index (χ4v) is 1.76. The number of hydrogen-bond acceptors (Lipinski definition) is 2. The third-order valence-corrected chi connectivity index (χ3v) is 2.61. The minimum absolute atomic E-state index is 0.173.